The lowest BCUT2D eigenvalue weighted by Crippen LogP contribution is -1.75. The van der Waals surface area contributed by atoms with Gasteiger partial charge in [-0.15, -0.1) is 0 Å². The molecule has 0 radical (unpaired) electrons. The first-order chi connectivity index (χ1) is 11.9. The first kappa shape index (κ1) is 12.2. The van der Waals surface area contributed by atoms with Crippen LogP contribution in [-0.4, -0.2) is 0 Å². The number of furan rings is 2. The normalized spacial score (nSPS) is 12.2. The van der Waals surface area contributed by atoms with Crippen LogP contribution in [0.25, 0.3) is 54.6 Å². The maximum atomic E-state index is 6.07. The zero-order valence-corrected chi connectivity index (χ0v) is 12.7. The first-order valence-corrected chi connectivity index (χ1v) is 8.04. The highest BCUT2D eigenvalue weighted by Gasteiger charge is 2.13. The van der Waals surface area contributed by atoms with Crippen molar-refractivity contribution in [2.24, 2.45) is 0 Å². The van der Waals surface area contributed by atoms with Crippen LogP contribution in [-0.2, 0) is 0 Å². The lowest BCUT2D eigenvalue weighted by molar-refractivity contribution is 0.669. The number of fused-ring (bicyclic) bond motifs is 8. The molecule has 112 valence electrons. The molecule has 0 N–H and O–H groups in total. The van der Waals surface area contributed by atoms with Gasteiger partial charge in [0.2, 0.25) is 0 Å². The van der Waals surface area contributed by atoms with Crippen LogP contribution in [0.4, 0.5) is 0 Å². The second kappa shape index (κ2) is 4.18. The fraction of sp³-hybridized carbons (Fsp3) is 0. The van der Waals surface area contributed by atoms with E-state index >= 15 is 0 Å². The highest BCUT2D eigenvalue weighted by molar-refractivity contribution is 6.22. The molecule has 0 saturated heterocycles. The van der Waals surface area contributed by atoms with Crippen molar-refractivity contribution >= 4 is 54.6 Å². The Labute approximate surface area is 136 Å². The molecule has 4 aromatic carbocycles. The number of hydrogen-bond acceptors (Lipinski definition) is 2. The summed E-state index contributed by atoms with van der Waals surface area (Å²) < 4.78 is 12.1. The Kier molecular flexibility index (Phi) is 2.12. The summed E-state index contributed by atoms with van der Waals surface area (Å²) in [6, 6.07) is 24.9. The molecule has 0 amide bonds. The van der Waals surface area contributed by atoms with E-state index in [0.717, 1.165) is 43.9 Å². The molecule has 2 nitrogen and oxygen atoms in total. The van der Waals surface area contributed by atoms with Crippen molar-refractivity contribution in [2.45, 2.75) is 0 Å². The maximum absolute atomic E-state index is 6.07. The zero-order chi connectivity index (χ0) is 15.7. The minimum atomic E-state index is 0.916. The van der Waals surface area contributed by atoms with Crippen LogP contribution >= 0.6 is 0 Å². The molecule has 0 spiro atoms. The van der Waals surface area contributed by atoms with Crippen LogP contribution in [0.5, 0.6) is 0 Å². The Balaban J connectivity index is 1.88. The van der Waals surface area contributed by atoms with Gasteiger partial charge in [0.1, 0.15) is 22.3 Å². The minimum absolute atomic E-state index is 0.916. The molecule has 6 aromatic rings. The third-order valence-electron chi connectivity index (χ3n) is 4.86. The van der Waals surface area contributed by atoms with Crippen molar-refractivity contribution in [3.05, 3.63) is 72.8 Å². The number of benzene rings is 4. The summed E-state index contributed by atoms with van der Waals surface area (Å²) in [6.07, 6.45) is 0. The standard InChI is InChI=1S/C22H12O2/c1-3-7-18-14(5-1)17-11-13-9-10-20-22(16(13)12-21(17)24-18)15-6-2-4-8-19(15)23-20/h1-12H. The van der Waals surface area contributed by atoms with Crippen LogP contribution in [0, 0.1) is 0 Å². The Morgan fingerprint density at radius 3 is 2.04 bits per heavy atom. The van der Waals surface area contributed by atoms with E-state index in [-0.39, 0.29) is 0 Å². The minimum Gasteiger partial charge on any atom is -0.456 e. The maximum Gasteiger partial charge on any atom is 0.136 e. The predicted molar refractivity (Wildman–Crippen MR) is 98.5 cm³/mol. The van der Waals surface area contributed by atoms with Crippen LogP contribution in [0.1, 0.15) is 0 Å². The van der Waals surface area contributed by atoms with Crippen molar-refractivity contribution < 1.29 is 8.83 Å². The first-order valence-electron chi connectivity index (χ1n) is 8.04. The smallest absolute Gasteiger partial charge is 0.136 e. The lowest BCUT2D eigenvalue weighted by Gasteiger charge is -2.00. The number of rotatable bonds is 0. The SMILES string of the molecule is c1ccc2c(c1)oc1cc3c(ccc4oc5ccccc5c43)cc12. The van der Waals surface area contributed by atoms with E-state index in [9.17, 15) is 0 Å². The van der Waals surface area contributed by atoms with Crippen molar-refractivity contribution in [1.29, 1.82) is 0 Å². The summed E-state index contributed by atoms with van der Waals surface area (Å²) in [5, 5.41) is 6.99. The van der Waals surface area contributed by atoms with Crippen LogP contribution < -0.4 is 0 Å². The molecule has 0 aliphatic heterocycles. The molecular formula is C22H12O2. The van der Waals surface area contributed by atoms with Gasteiger partial charge in [-0.25, -0.2) is 0 Å². The van der Waals surface area contributed by atoms with E-state index in [1.807, 2.05) is 30.3 Å². The molecule has 0 saturated carbocycles. The summed E-state index contributed by atoms with van der Waals surface area (Å²) in [7, 11) is 0. The molecule has 24 heavy (non-hydrogen) atoms. The average Bonchev–Trinajstić information content (AvgIpc) is 3.17. The summed E-state index contributed by atoms with van der Waals surface area (Å²) in [5.41, 5.74) is 3.68. The van der Waals surface area contributed by atoms with E-state index in [4.69, 9.17) is 8.83 Å². The second-order valence-electron chi connectivity index (χ2n) is 6.20. The molecule has 2 heteroatoms. The fourth-order valence-corrected chi connectivity index (χ4v) is 3.77. The Morgan fingerprint density at radius 1 is 0.458 bits per heavy atom. The molecule has 0 fully saturated rings. The van der Waals surface area contributed by atoms with E-state index in [1.165, 1.54) is 10.8 Å². The zero-order valence-electron chi connectivity index (χ0n) is 12.7. The van der Waals surface area contributed by atoms with Crippen molar-refractivity contribution in [3.8, 4) is 0 Å². The van der Waals surface area contributed by atoms with Crippen LogP contribution in [0.3, 0.4) is 0 Å². The fourth-order valence-electron chi connectivity index (χ4n) is 3.77. The lowest BCUT2D eigenvalue weighted by atomic mass is 10.0. The van der Waals surface area contributed by atoms with Gasteiger partial charge >= 0.3 is 0 Å². The van der Waals surface area contributed by atoms with Crippen molar-refractivity contribution in [2.75, 3.05) is 0 Å². The third-order valence-corrected chi connectivity index (χ3v) is 4.86. The van der Waals surface area contributed by atoms with Gasteiger partial charge in [0.15, 0.2) is 0 Å². The Bertz CT molecular complexity index is 1400. The molecule has 6 rings (SSSR count). The van der Waals surface area contributed by atoms with E-state index in [0.29, 0.717) is 0 Å². The van der Waals surface area contributed by atoms with Gasteiger partial charge < -0.3 is 8.83 Å². The molecule has 0 unspecified atom stereocenters. The van der Waals surface area contributed by atoms with E-state index in [2.05, 4.69) is 42.5 Å². The highest BCUT2D eigenvalue weighted by Crippen LogP contribution is 2.38. The van der Waals surface area contributed by atoms with Gasteiger partial charge in [-0.1, -0.05) is 42.5 Å². The highest BCUT2D eigenvalue weighted by atomic mass is 16.3. The summed E-state index contributed by atoms with van der Waals surface area (Å²) in [4.78, 5) is 0. The van der Waals surface area contributed by atoms with Gasteiger partial charge in [0.25, 0.3) is 0 Å². The largest absolute Gasteiger partial charge is 0.456 e. The topological polar surface area (TPSA) is 26.3 Å². The predicted octanol–water partition coefficient (Wildman–Crippen LogP) is 6.64. The Hall–Kier alpha value is -3.26. The molecule has 2 aromatic heterocycles. The second-order valence-corrected chi connectivity index (χ2v) is 6.20. The molecule has 0 atom stereocenters. The van der Waals surface area contributed by atoms with Gasteiger partial charge in [-0.05, 0) is 41.1 Å². The quantitative estimate of drug-likeness (QED) is 0.314. The van der Waals surface area contributed by atoms with Crippen LogP contribution in [0.2, 0.25) is 0 Å². The van der Waals surface area contributed by atoms with Gasteiger partial charge in [-0.2, -0.15) is 0 Å². The Morgan fingerprint density at radius 2 is 1.17 bits per heavy atom. The molecule has 0 aliphatic carbocycles. The summed E-state index contributed by atoms with van der Waals surface area (Å²) in [5.74, 6) is 0. The molecule has 2 heterocycles. The summed E-state index contributed by atoms with van der Waals surface area (Å²) in [6.45, 7) is 0. The van der Waals surface area contributed by atoms with E-state index < -0.39 is 0 Å². The van der Waals surface area contributed by atoms with Crippen molar-refractivity contribution in [3.63, 3.8) is 0 Å². The van der Waals surface area contributed by atoms with Crippen LogP contribution in [0.15, 0.2) is 81.6 Å². The van der Waals surface area contributed by atoms with Gasteiger partial charge in [0, 0.05) is 21.5 Å². The van der Waals surface area contributed by atoms with Gasteiger partial charge in [-0.3, -0.25) is 0 Å². The van der Waals surface area contributed by atoms with Crippen molar-refractivity contribution in [1.82, 2.24) is 0 Å². The molecular weight excluding hydrogens is 296 g/mol. The molecule has 0 aliphatic rings. The summed E-state index contributed by atoms with van der Waals surface area (Å²) >= 11 is 0. The number of para-hydroxylation sites is 2. The molecule has 0 bridgehead atoms. The average molecular weight is 308 g/mol. The third kappa shape index (κ3) is 1.45. The van der Waals surface area contributed by atoms with Gasteiger partial charge in [0.05, 0.1) is 0 Å². The van der Waals surface area contributed by atoms with E-state index in [1.54, 1.807) is 0 Å². The monoisotopic (exact) mass is 308 g/mol. The number of hydrogen-bond donors (Lipinski definition) is 0.